The second kappa shape index (κ2) is 9.23. The van der Waals surface area contributed by atoms with Gasteiger partial charge in [0, 0.05) is 0 Å². The lowest BCUT2D eigenvalue weighted by atomic mass is 10.0. The summed E-state index contributed by atoms with van der Waals surface area (Å²) in [6.45, 7) is 3.53. The van der Waals surface area contributed by atoms with Crippen molar-refractivity contribution in [2.75, 3.05) is 0 Å². The molecule has 0 amide bonds. The van der Waals surface area contributed by atoms with Crippen LogP contribution in [0, 0.1) is 4.91 Å². The van der Waals surface area contributed by atoms with Crippen molar-refractivity contribution < 1.29 is 9.53 Å². The fourth-order valence-corrected chi connectivity index (χ4v) is 2.01. The molecule has 0 saturated carbocycles. The van der Waals surface area contributed by atoms with Crippen LogP contribution in [0.3, 0.4) is 0 Å². The van der Waals surface area contributed by atoms with Crippen molar-refractivity contribution in [2.45, 2.75) is 58.1 Å². The molecule has 1 rings (SSSR count). The van der Waals surface area contributed by atoms with Gasteiger partial charge in [-0.1, -0.05) is 48.4 Å². The van der Waals surface area contributed by atoms with Crippen LogP contribution in [-0.4, -0.2) is 18.1 Å². The van der Waals surface area contributed by atoms with E-state index < -0.39 is 12.0 Å². The number of rotatable bonds is 9. The minimum Gasteiger partial charge on any atom is -0.461 e. The Morgan fingerprint density at radius 1 is 1.15 bits per heavy atom. The van der Waals surface area contributed by atoms with Crippen molar-refractivity contribution in [3.05, 3.63) is 40.8 Å². The van der Waals surface area contributed by atoms with E-state index in [4.69, 9.17) is 4.74 Å². The smallest absolute Gasteiger partial charge is 0.334 e. The van der Waals surface area contributed by atoms with E-state index in [1.807, 2.05) is 18.2 Å². The summed E-state index contributed by atoms with van der Waals surface area (Å²) >= 11 is 0. The molecule has 1 aromatic carbocycles. The number of benzene rings is 1. The minimum absolute atomic E-state index is 0.204. The Balaban J connectivity index is 2.18. The number of nitrogens with zero attached hydrogens (tertiary/aromatic N) is 1. The Hall–Kier alpha value is -1.71. The molecule has 4 heteroatoms. The van der Waals surface area contributed by atoms with Crippen molar-refractivity contribution >= 4 is 5.97 Å². The summed E-state index contributed by atoms with van der Waals surface area (Å²) in [7, 11) is 0. The van der Waals surface area contributed by atoms with E-state index in [-0.39, 0.29) is 6.10 Å². The average Bonchev–Trinajstić information content (AvgIpc) is 2.43. The third-order valence-electron chi connectivity index (χ3n) is 3.04. The second-order valence-corrected chi connectivity index (χ2v) is 5.19. The Morgan fingerprint density at radius 2 is 1.85 bits per heavy atom. The van der Waals surface area contributed by atoms with Gasteiger partial charge in [0.25, 0.3) is 0 Å². The maximum Gasteiger partial charge on any atom is 0.334 e. The molecule has 0 radical (unpaired) electrons. The zero-order valence-electron chi connectivity index (χ0n) is 12.2. The van der Waals surface area contributed by atoms with E-state index in [2.05, 4.69) is 17.3 Å². The number of unbranched alkanes of at least 4 members (excludes halogenated alkanes) is 2. The van der Waals surface area contributed by atoms with Gasteiger partial charge < -0.3 is 4.74 Å². The SMILES string of the molecule is CC(C)OC(=O)C(CCCCCc1ccccc1)N=O. The first-order valence-corrected chi connectivity index (χ1v) is 7.20. The van der Waals surface area contributed by atoms with Gasteiger partial charge in [-0.3, -0.25) is 0 Å². The van der Waals surface area contributed by atoms with Gasteiger partial charge in [0.1, 0.15) is 0 Å². The molecule has 0 N–H and O–H groups in total. The predicted octanol–water partition coefficient (Wildman–Crippen LogP) is 3.88. The molecule has 0 aliphatic heterocycles. The van der Waals surface area contributed by atoms with Gasteiger partial charge >= 0.3 is 5.97 Å². The fraction of sp³-hybridized carbons (Fsp3) is 0.562. The highest BCUT2D eigenvalue weighted by molar-refractivity contribution is 5.76. The van der Waals surface area contributed by atoms with Crippen molar-refractivity contribution in [1.29, 1.82) is 0 Å². The van der Waals surface area contributed by atoms with Crippen LogP contribution in [0.25, 0.3) is 0 Å². The normalized spacial score (nSPS) is 12.2. The van der Waals surface area contributed by atoms with Crippen LogP contribution in [0.5, 0.6) is 0 Å². The Labute approximate surface area is 120 Å². The molecule has 0 fully saturated rings. The van der Waals surface area contributed by atoms with Gasteiger partial charge in [0.05, 0.1) is 6.10 Å². The van der Waals surface area contributed by atoms with Gasteiger partial charge in [-0.25, -0.2) is 4.79 Å². The van der Waals surface area contributed by atoms with Gasteiger partial charge in [0.2, 0.25) is 0 Å². The molecule has 0 heterocycles. The van der Waals surface area contributed by atoms with Crippen LogP contribution in [0.1, 0.15) is 45.1 Å². The number of carbonyl (C=O) groups is 1. The zero-order chi connectivity index (χ0) is 14.8. The maximum atomic E-state index is 11.6. The molecule has 0 aliphatic rings. The number of carbonyl (C=O) groups excluding carboxylic acids is 1. The van der Waals surface area contributed by atoms with E-state index in [1.54, 1.807) is 13.8 Å². The van der Waals surface area contributed by atoms with E-state index in [0.717, 1.165) is 25.7 Å². The summed E-state index contributed by atoms with van der Waals surface area (Å²) in [5, 5.41) is 2.87. The fourth-order valence-electron chi connectivity index (χ4n) is 2.01. The average molecular weight is 277 g/mol. The molecular weight excluding hydrogens is 254 g/mol. The lowest BCUT2D eigenvalue weighted by Crippen LogP contribution is -2.24. The molecule has 0 aliphatic carbocycles. The third-order valence-corrected chi connectivity index (χ3v) is 3.04. The quantitative estimate of drug-likeness (QED) is 0.391. The molecule has 0 bridgehead atoms. The first-order valence-electron chi connectivity index (χ1n) is 7.20. The first kappa shape index (κ1) is 16.3. The van der Waals surface area contributed by atoms with Gasteiger partial charge in [0.15, 0.2) is 6.04 Å². The van der Waals surface area contributed by atoms with Crippen molar-refractivity contribution in [2.24, 2.45) is 5.18 Å². The number of hydrogen-bond acceptors (Lipinski definition) is 4. The molecule has 0 spiro atoms. The summed E-state index contributed by atoms with van der Waals surface area (Å²) < 4.78 is 5.00. The number of hydrogen-bond donors (Lipinski definition) is 0. The summed E-state index contributed by atoms with van der Waals surface area (Å²) in [6.07, 6.45) is 4.14. The summed E-state index contributed by atoms with van der Waals surface area (Å²) in [4.78, 5) is 22.2. The number of ether oxygens (including phenoxy) is 1. The van der Waals surface area contributed by atoms with E-state index >= 15 is 0 Å². The maximum absolute atomic E-state index is 11.6. The van der Waals surface area contributed by atoms with Crippen LogP contribution in [-0.2, 0) is 16.0 Å². The lowest BCUT2D eigenvalue weighted by Gasteiger charge is -2.11. The standard InChI is InChI=1S/C16H23NO3/c1-13(2)20-16(18)15(17-19)12-8-4-7-11-14-9-5-3-6-10-14/h3,5-6,9-10,13,15H,4,7-8,11-12H2,1-2H3. The van der Waals surface area contributed by atoms with Gasteiger partial charge in [-0.15, -0.1) is 4.91 Å². The lowest BCUT2D eigenvalue weighted by molar-refractivity contribution is -0.149. The Bertz CT molecular complexity index is 403. The summed E-state index contributed by atoms with van der Waals surface area (Å²) in [5.41, 5.74) is 1.32. The molecule has 0 saturated heterocycles. The van der Waals surface area contributed by atoms with Crippen molar-refractivity contribution in [1.82, 2.24) is 0 Å². The number of nitroso groups, excluding NO2 is 1. The largest absolute Gasteiger partial charge is 0.461 e. The highest BCUT2D eigenvalue weighted by Gasteiger charge is 2.21. The summed E-state index contributed by atoms with van der Waals surface area (Å²) in [6, 6.07) is 9.43. The van der Waals surface area contributed by atoms with Gasteiger partial charge in [-0.2, -0.15) is 0 Å². The highest BCUT2D eigenvalue weighted by atomic mass is 16.5. The van der Waals surface area contributed by atoms with Crippen LogP contribution in [0.15, 0.2) is 35.5 Å². The molecule has 1 unspecified atom stereocenters. The predicted molar refractivity (Wildman–Crippen MR) is 79.4 cm³/mol. The third kappa shape index (κ3) is 6.45. The van der Waals surface area contributed by atoms with Crippen LogP contribution < -0.4 is 0 Å². The molecule has 0 aromatic heterocycles. The van der Waals surface area contributed by atoms with Crippen LogP contribution >= 0.6 is 0 Å². The molecule has 1 aromatic rings. The van der Waals surface area contributed by atoms with E-state index in [1.165, 1.54) is 5.56 Å². The van der Waals surface area contributed by atoms with Crippen molar-refractivity contribution in [3.63, 3.8) is 0 Å². The number of aryl methyl sites for hydroxylation is 1. The summed E-state index contributed by atoms with van der Waals surface area (Å²) in [5.74, 6) is -0.502. The Morgan fingerprint density at radius 3 is 2.45 bits per heavy atom. The molecular formula is C16H23NO3. The molecule has 1 atom stereocenters. The second-order valence-electron chi connectivity index (χ2n) is 5.19. The Kier molecular flexibility index (Phi) is 7.55. The van der Waals surface area contributed by atoms with Crippen molar-refractivity contribution in [3.8, 4) is 0 Å². The monoisotopic (exact) mass is 277 g/mol. The van der Waals surface area contributed by atoms with E-state index in [9.17, 15) is 9.70 Å². The van der Waals surface area contributed by atoms with Gasteiger partial charge in [-0.05, 0) is 38.7 Å². The highest BCUT2D eigenvalue weighted by Crippen LogP contribution is 2.12. The van der Waals surface area contributed by atoms with Crippen LogP contribution in [0.4, 0.5) is 0 Å². The first-order chi connectivity index (χ1) is 9.63. The minimum atomic E-state index is -0.853. The molecule has 110 valence electrons. The van der Waals surface area contributed by atoms with E-state index in [0.29, 0.717) is 6.42 Å². The topological polar surface area (TPSA) is 55.7 Å². The zero-order valence-corrected chi connectivity index (χ0v) is 12.2. The molecule has 20 heavy (non-hydrogen) atoms. The molecule has 4 nitrogen and oxygen atoms in total. The number of esters is 1. The van der Waals surface area contributed by atoms with Crippen LogP contribution in [0.2, 0.25) is 0 Å².